The van der Waals surface area contributed by atoms with E-state index in [1.807, 2.05) is 0 Å². The Balaban J connectivity index is 2.73. The van der Waals surface area contributed by atoms with Crippen LogP contribution in [0, 0.1) is 17.5 Å². The lowest BCUT2D eigenvalue weighted by molar-refractivity contribution is -0.117. The Bertz CT molecular complexity index is 466. The highest BCUT2D eigenvalue weighted by Crippen LogP contribution is 2.13. The summed E-state index contributed by atoms with van der Waals surface area (Å²) in [6.07, 6.45) is 1.15. The zero-order valence-electron chi connectivity index (χ0n) is 9.47. The second-order valence-corrected chi connectivity index (χ2v) is 3.33. The van der Waals surface area contributed by atoms with Crippen molar-refractivity contribution in [1.29, 1.82) is 0 Å². The van der Waals surface area contributed by atoms with E-state index in [-0.39, 0.29) is 17.9 Å². The number of rotatable bonds is 5. The summed E-state index contributed by atoms with van der Waals surface area (Å²) in [6.45, 7) is -0.0196. The van der Waals surface area contributed by atoms with Crippen LogP contribution in [0.25, 0.3) is 0 Å². The van der Waals surface area contributed by atoms with E-state index < -0.39 is 23.4 Å². The van der Waals surface area contributed by atoms with Crippen LogP contribution in [-0.4, -0.2) is 13.0 Å². The van der Waals surface area contributed by atoms with Crippen molar-refractivity contribution >= 4 is 5.91 Å². The molecular weight excluding hydrogens is 249 g/mol. The molecule has 0 aliphatic rings. The molecule has 0 spiro atoms. The summed E-state index contributed by atoms with van der Waals surface area (Å²) in [5.74, 6) is -5.01. The minimum absolute atomic E-state index is 0.0196. The maximum atomic E-state index is 12.9. The molecule has 0 saturated carbocycles. The summed E-state index contributed by atoms with van der Waals surface area (Å²) in [7, 11) is 1.25. The van der Waals surface area contributed by atoms with Crippen LogP contribution >= 0.6 is 0 Å². The lowest BCUT2D eigenvalue weighted by atomic mass is 10.2. The van der Waals surface area contributed by atoms with Gasteiger partial charge in [0.05, 0.1) is 7.11 Å². The molecule has 4 nitrogen and oxygen atoms in total. The van der Waals surface area contributed by atoms with E-state index in [1.54, 1.807) is 0 Å². The van der Waals surface area contributed by atoms with E-state index in [9.17, 15) is 18.0 Å². The molecule has 0 radical (unpaired) electrons. The molecule has 0 saturated heterocycles. The van der Waals surface area contributed by atoms with Gasteiger partial charge in [0.25, 0.3) is 5.91 Å². The van der Waals surface area contributed by atoms with Gasteiger partial charge in [-0.05, 0) is 17.7 Å². The van der Waals surface area contributed by atoms with Crippen LogP contribution in [0.3, 0.4) is 0 Å². The number of primary amides is 1. The molecule has 0 fully saturated rings. The van der Waals surface area contributed by atoms with Gasteiger partial charge in [-0.3, -0.25) is 4.79 Å². The van der Waals surface area contributed by atoms with Crippen LogP contribution in [-0.2, 0) is 16.1 Å². The third-order valence-electron chi connectivity index (χ3n) is 2.05. The standard InChI is InChI=1S/C11H11F3N2O2/c1-18-9(11(15)17)5-16-4-6-2-7(12)10(14)8(13)3-6/h2-3,5,16H,4H2,1H3,(H2,15,17)/b9-5+. The molecule has 1 amide bonds. The highest BCUT2D eigenvalue weighted by molar-refractivity contribution is 5.89. The van der Waals surface area contributed by atoms with Gasteiger partial charge >= 0.3 is 0 Å². The Morgan fingerprint density at radius 1 is 1.39 bits per heavy atom. The van der Waals surface area contributed by atoms with Crippen LogP contribution in [0.4, 0.5) is 13.2 Å². The predicted molar refractivity (Wildman–Crippen MR) is 57.4 cm³/mol. The average Bonchev–Trinajstić information content (AvgIpc) is 2.31. The van der Waals surface area contributed by atoms with Gasteiger partial charge < -0.3 is 15.8 Å². The number of amides is 1. The first kappa shape index (κ1) is 13.9. The maximum absolute atomic E-state index is 12.9. The second-order valence-electron chi connectivity index (χ2n) is 3.33. The predicted octanol–water partition coefficient (Wildman–Crippen LogP) is 1.17. The summed E-state index contributed by atoms with van der Waals surface area (Å²) in [5, 5.41) is 2.56. The Hall–Kier alpha value is -2.18. The quantitative estimate of drug-likeness (QED) is 0.474. The summed E-state index contributed by atoms with van der Waals surface area (Å²) in [5.41, 5.74) is 5.12. The van der Waals surface area contributed by atoms with Crippen molar-refractivity contribution in [2.75, 3.05) is 7.11 Å². The van der Waals surface area contributed by atoms with E-state index in [0.29, 0.717) is 0 Å². The van der Waals surface area contributed by atoms with Crippen LogP contribution in [0.5, 0.6) is 0 Å². The highest BCUT2D eigenvalue weighted by atomic mass is 19.2. The molecule has 0 heterocycles. The van der Waals surface area contributed by atoms with Gasteiger partial charge in [-0.2, -0.15) is 0 Å². The first-order valence-corrected chi connectivity index (χ1v) is 4.86. The number of halogens is 3. The van der Waals surface area contributed by atoms with Crippen molar-refractivity contribution in [2.24, 2.45) is 5.73 Å². The highest BCUT2D eigenvalue weighted by Gasteiger charge is 2.10. The molecule has 0 aliphatic carbocycles. The smallest absolute Gasteiger partial charge is 0.285 e. The monoisotopic (exact) mass is 260 g/mol. The number of benzene rings is 1. The first-order valence-electron chi connectivity index (χ1n) is 4.86. The van der Waals surface area contributed by atoms with Crippen molar-refractivity contribution in [2.45, 2.75) is 6.54 Å². The maximum Gasteiger partial charge on any atom is 0.285 e. The van der Waals surface area contributed by atoms with Gasteiger partial charge in [-0.1, -0.05) is 0 Å². The second kappa shape index (κ2) is 5.95. The molecule has 98 valence electrons. The van der Waals surface area contributed by atoms with E-state index in [2.05, 4.69) is 10.1 Å². The average molecular weight is 260 g/mol. The van der Waals surface area contributed by atoms with E-state index >= 15 is 0 Å². The molecular formula is C11H11F3N2O2. The molecule has 0 unspecified atom stereocenters. The Morgan fingerprint density at radius 2 is 1.94 bits per heavy atom. The van der Waals surface area contributed by atoms with E-state index in [4.69, 9.17) is 5.73 Å². The summed E-state index contributed by atoms with van der Waals surface area (Å²) in [6, 6.07) is 1.69. The van der Waals surface area contributed by atoms with Crippen LogP contribution < -0.4 is 11.1 Å². The fourth-order valence-corrected chi connectivity index (χ4v) is 1.20. The molecule has 0 aliphatic heterocycles. The molecule has 3 N–H and O–H groups in total. The van der Waals surface area contributed by atoms with Crippen molar-refractivity contribution in [3.05, 3.63) is 47.1 Å². The number of hydrogen-bond donors (Lipinski definition) is 2. The molecule has 1 aromatic rings. The molecule has 0 bridgehead atoms. The number of nitrogens with two attached hydrogens (primary N) is 1. The van der Waals surface area contributed by atoms with Gasteiger partial charge in [0.1, 0.15) is 0 Å². The van der Waals surface area contributed by atoms with Gasteiger partial charge in [0.2, 0.25) is 0 Å². The number of carbonyl (C=O) groups excluding carboxylic acids is 1. The van der Waals surface area contributed by atoms with Gasteiger partial charge in [-0.25, -0.2) is 13.2 Å². The molecule has 7 heteroatoms. The molecule has 1 aromatic carbocycles. The molecule has 18 heavy (non-hydrogen) atoms. The minimum atomic E-state index is -1.52. The fraction of sp³-hybridized carbons (Fsp3) is 0.182. The van der Waals surface area contributed by atoms with Gasteiger partial charge in [-0.15, -0.1) is 0 Å². The molecule has 0 aromatic heterocycles. The van der Waals surface area contributed by atoms with Crippen LogP contribution in [0.2, 0.25) is 0 Å². The van der Waals surface area contributed by atoms with E-state index in [0.717, 1.165) is 18.3 Å². The first-order chi connectivity index (χ1) is 8.45. The number of carbonyl (C=O) groups is 1. The summed E-state index contributed by atoms with van der Waals surface area (Å²) >= 11 is 0. The number of methoxy groups -OCH3 is 1. The van der Waals surface area contributed by atoms with Crippen molar-refractivity contribution in [3.8, 4) is 0 Å². The lowest BCUT2D eigenvalue weighted by Gasteiger charge is -2.05. The van der Waals surface area contributed by atoms with Crippen molar-refractivity contribution in [1.82, 2.24) is 5.32 Å². The number of nitrogens with one attached hydrogen (secondary N) is 1. The topological polar surface area (TPSA) is 64.3 Å². The summed E-state index contributed by atoms with van der Waals surface area (Å²) < 4.78 is 43.0. The zero-order chi connectivity index (χ0) is 13.7. The number of hydrogen-bond acceptors (Lipinski definition) is 3. The largest absolute Gasteiger partial charge is 0.490 e. The Kier molecular flexibility index (Phi) is 4.59. The van der Waals surface area contributed by atoms with Crippen molar-refractivity contribution < 1.29 is 22.7 Å². The molecule has 1 rings (SSSR count). The normalized spacial score (nSPS) is 11.2. The van der Waals surface area contributed by atoms with E-state index in [1.165, 1.54) is 7.11 Å². The third kappa shape index (κ3) is 3.41. The summed E-state index contributed by atoms with van der Waals surface area (Å²) in [4.78, 5) is 10.7. The van der Waals surface area contributed by atoms with Gasteiger partial charge in [0.15, 0.2) is 23.2 Å². The van der Waals surface area contributed by atoms with Gasteiger partial charge in [0, 0.05) is 12.7 Å². The van der Waals surface area contributed by atoms with Crippen LogP contribution in [0.15, 0.2) is 24.1 Å². The zero-order valence-corrected chi connectivity index (χ0v) is 9.47. The lowest BCUT2D eigenvalue weighted by Crippen LogP contribution is -2.18. The Morgan fingerprint density at radius 3 is 2.39 bits per heavy atom. The Labute approximate surface area is 101 Å². The van der Waals surface area contributed by atoms with Crippen molar-refractivity contribution in [3.63, 3.8) is 0 Å². The molecule has 0 atom stereocenters. The number of ether oxygens (including phenoxy) is 1. The minimum Gasteiger partial charge on any atom is -0.490 e. The van der Waals surface area contributed by atoms with Crippen LogP contribution in [0.1, 0.15) is 5.56 Å². The SMILES string of the molecule is CO/C(=C/NCc1cc(F)c(F)c(F)c1)C(N)=O. The fourth-order valence-electron chi connectivity index (χ4n) is 1.20. The third-order valence-corrected chi connectivity index (χ3v) is 2.05.